The predicted octanol–water partition coefficient (Wildman–Crippen LogP) is 3.06. The molecular weight excluding hydrogens is 202 g/mol. The molecule has 0 fully saturated rings. The Morgan fingerprint density at radius 1 is 1.17 bits per heavy atom. The van der Waals surface area contributed by atoms with Gasteiger partial charge in [0, 0.05) is 0 Å². The fraction of sp³-hybridized carbons (Fsp3) is 1.00. The molecule has 74 valence electrons. The molecule has 0 aromatic heterocycles. The van der Waals surface area contributed by atoms with E-state index in [-0.39, 0.29) is 0 Å². The summed E-state index contributed by atoms with van der Waals surface area (Å²) < 4.78 is 2.50. The number of rotatable bonds is 4. The molecule has 0 aliphatic rings. The SMILES string of the molecule is CCN(C)[Si](C)(C)[Si](C)(Cl)CC. The minimum absolute atomic E-state index is 1.13. The molecule has 0 bridgehead atoms. The van der Waals surface area contributed by atoms with Crippen molar-refractivity contribution in [2.45, 2.75) is 39.5 Å². The zero-order valence-electron chi connectivity index (χ0n) is 9.24. The molecule has 12 heavy (non-hydrogen) atoms. The molecular formula is C8H22ClNSi2. The van der Waals surface area contributed by atoms with Gasteiger partial charge in [-0.25, -0.2) is 0 Å². The summed E-state index contributed by atoms with van der Waals surface area (Å²) >= 11 is 6.64. The standard InChI is InChI=1S/C8H22ClNSi2/c1-7-10(3)11(4,5)12(6,9)8-2/h7-8H2,1-6H3. The third-order valence-corrected chi connectivity index (χ3v) is 24.3. The average molecular weight is 224 g/mol. The molecule has 0 aromatic rings. The maximum atomic E-state index is 6.64. The van der Waals surface area contributed by atoms with Crippen LogP contribution in [0.15, 0.2) is 0 Å². The summed E-state index contributed by atoms with van der Waals surface area (Å²) in [6.45, 7) is 11.2. The van der Waals surface area contributed by atoms with Crippen LogP contribution < -0.4 is 0 Å². The molecule has 0 radical (unpaired) electrons. The van der Waals surface area contributed by atoms with Crippen molar-refractivity contribution < 1.29 is 0 Å². The molecule has 0 aromatic carbocycles. The predicted molar refractivity (Wildman–Crippen MR) is 63.7 cm³/mol. The Hall–Kier alpha value is 0.684. The zero-order valence-corrected chi connectivity index (χ0v) is 12.0. The highest BCUT2D eigenvalue weighted by atomic mass is 35.6. The molecule has 1 unspecified atom stereocenters. The van der Waals surface area contributed by atoms with Crippen LogP contribution in [-0.2, 0) is 0 Å². The smallest absolute Gasteiger partial charge is 0.161 e. The van der Waals surface area contributed by atoms with Gasteiger partial charge in [-0.05, 0) is 19.6 Å². The van der Waals surface area contributed by atoms with Gasteiger partial charge in [-0.3, -0.25) is 0 Å². The molecule has 1 nitrogen and oxygen atoms in total. The Labute approximate surface area is 83.7 Å². The van der Waals surface area contributed by atoms with Crippen molar-refractivity contribution >= 4 is 25.7 Å². The highest BCUT2D eigenvalue weighted by Gasteiger charge is 2.45. The van der Waals surface area contributed by atoms with Crippen LogP contribution in [0.4, 0.5) is 0 Å². The summed E-state index contributed by atoms with van der Waals surface area (Å²) in [6.07, 6.45) is 0. The fourth-order valence-corrected chi connectivity index (χ4v) is 10.4. The van der Waals surface area contributed by atoms with Crippen molar-refractivity contribution in [3.05, 3.63) is 0 Å². The van der Waals surface area contributed by atoms with E-state index in [9.17, 15) is 0 Å². The van der Waals surface area contributed by atoms with E-state index < -0.39 is 14.7 Å². The van der Waals surface area contributed by atoms with E-state index in [1.54, 1.807) is 0 Å². The number of hydrogen-bond donors (Lipinski definition) is 0. The lowest BCUT2D eigenvalue weighted by molar-refractivity contribution is 0.548. The monoisotopic (exact) mass is 223 g/mol. The lowest BCUT2D eigenvalue weighted by Gasteiger charge is -2.41. The molecule has 1 atom stereocenters. The maximum absolute atomic E-state index is 6.64. The van der Waals surface area contributed by atoms with E-state index in [0.29, 0.717) is 0 Å². The number of halogens is 1. The summed E-state index contributed by atoms with van der Waals surface area (Å²) in [6, 6.07) is 1.19. The second kappa shape index (κ2) is 4.26. The third kappa shape index (κ3) is 2.34. The lowest BCUT2D eigenvalue weighted by Crippen LogP contribution is -2.63. The van der Waals surface area contributed by atoms with E-state index in [4.69, 9.17) is 11.1 Å². The third-order valence-electron chi connectivity index (χ3n) is 3.37. The quantitative estimate of drug-likeness (QED) is 0.523. The number of hydrogen-bond acceptors (Lipinski definition) is 1. The Kier molecular flexibility index (Phi) is 4.51. The first-order valence-electron chi connectivity index (χ1n) is 4.69. The zero-order chi connectivity index (χ0) is 9.99. The van der Waals surface area contributed by atoms with Crippen molar-refractivity contribution in [3.8, 4) is 0 Å². The van der Waals surface area contributed by atoms with Crippen molar-refractivity contribution in [3.63, 3.8) is 0 Å². The van der Waals surface area contributed by atoms with E-state index in [1.807, 2.05) is 0 Å². The Morgan fingerprint density at radius 2 is 1.58 bits per heavy atom. The summed E-state index contributed by atoms with van der Waals surface area (Å²) in [5, 5.41) is 0. The van der Waals surface area contributed by atoms with Gasteiger partial charge in [-0.15, -0.1) is 0 Å². The molecule has 0 amide bonds. The summed E-state index contributed by atoms with van der Waals surface area (Å²) in [5.74, 6) is 0. The van der Waals surface area contributed by atoms with E-state index in [2.05, 4.69) is 45.1 Å². The van der Waals surface area contributed by atoms with Crippen LogP contribution in [0.1, 0.15) is 13.8 Å². The Bertz CT molecular complexity index is 148. The van der Waals surface area contributed by atoms with Gasteiger partial charge in [-0.2, -0.15) is 11.1 Å². The maximum Gasteiger partial charge on any atom is 0.161 e. The van der Waals surface area contributed by atoms with Gasteiger partial charge in [0.1, 0.15) is 7.75 Å². The van der Waals surface area contributed by atoms with E-state index in [0.717, 1.165) is 6.54 Å². The summed E-state index contributed by atoms with van der Waals surface area (Å²) in [7, 11) is 0.921. The second-order valence-electron chi connectivity index (χ2n) is 4.12. The average Bonchev–Trinajstić information content (AvgIpc) is 2.02. The van der Waals surface area contributed by atoms with Crippen molar-refractivity contribution in [2.24, 2.45) is 0 Å². The molecule has 0 aliphatic carbocycles. The van der Waals surface area contributed by atoms with E-state index >= 15 is 0 Å². The Morgan fingerprint density at radius 3 is 1.83 bits per heavy atom. The van der Waals surface area contributed by atoms with Crippen molar-refractivity contribution in [2.75, 3.05) is 13.6 Å². The van der Waals surface area contributed by atoms with Gasteiger partial charge in [0.25, 0.3) is 0 Å². The van der Waals surface area contributed by atoms with Crippen LogP contribution in [0, 0.1) is 0 Å². The van der Waals surface area contributed by atoms with Crippen LogP contribution in [0.2, 0.25) is 25.7 Å². The molecule has 0 aliphatic heterocycles. The first-order valence-corrected chi connectivity index (χ1v) is 12.4. The van der Waals surface area contributed by atoms with Crippen LogP contribution in [-0.4, -0.2) is 32.8 Å². The summed E-state index contributed by atoms with van der Waals surface area (Å²) in [4.78, 5) is 0. The highest BCUT2D eigenvalue weighted by molar-refractivity contribution is 7.58. The molecule has 4 heteroatoms. The molecule has 0 saturated heterocycles. The number of nitrogens with zero attached hydrogens (tertiary/aromatic N) is 1. The first kappa shape index (κ1) is 12.7. The van der Waals surface area contributed by atoms with Gasteiger partial charge < -0.3 is 4.57 Å². The van der Waals surface area contributed by atoms with Crippen molar-refractivity contribution in [1.29, 1.82) is 0 Å². The molecule has 0 heterocycles. The molecule has 0 N–H and O–H groups in total. The minimum Gasteiger partial charge on any atom is -0.328 e. The van der Waals surface area contributed by atoms with Crippen LogP contribution in [0.3, 0.4) is 0 Å². The van der Waals surface area contributed by atoms with Gasteiger partial charge >= 0.3 is 0 Å². The van der Waals surface area contributed by atoms with E-state index in [1.165, 1.54) is 6.04 Å². The minimum atomic E-state index is -1.45. The fourth-order valence-electron chi connectivity index (χ4n) is 1.23. The summed E-state index contributed by atoms with van der Waals surface area (Å²) in [5.41, 5.74) is 0. The second-order valence-corrected chi connectivity index (χ2v) is 21.5. The van der Waals surface area contributed by atoms with Gasteiger partial charge in [0.2, 0.25) is 0 Å². The van der Waals surface area contributed by atoms with Crippen LogP contribution in [0.5, 0.6) is 0 Å². The van der Waals surface area contributed by atoms with Gasteiger partial charge in [0.05, 0.1) is 0 Å². The van der Waals surface area contributed by atoms with Crippen LogP contribution in [0.25, 0.3) is 0 Å². The van der Waals surface area contributed by atoms with Gasteiger partial charge in [-0.1, -0.05) is 33.5 Å². The van der Waals surface area contributed by atoms with Crippen LogP contribution >= 0.6 is 11.1 Å². The highest BCUT2D eigenvalue weighted by Crippen LogP contribution is 2.28. The molecule has 0 rings (SSSR count). The normalized spacial score (nSPS) is 18.0. The molecule has 0 saturated carbocycles. The van der Waals surface area contributed by atoms with Gasteiger partial charge in [0.15, 0.2) is 6.90 Å². The topological polar surface area (TPSA) is 3.24 Å². The molecule has 0 spiro atoms. The Balaban J connectivity index is 4.58. The first-order chi connectivity index (χ1) is 5.29. The lowest BCUT2D eigenvalue weighted by atomic mass is 10.8. The van der Waals surface area contributed by atoms with Crippen molar-refractivity contribution in [1.82, 2.24) is 4.57 Å². The largest absolute Gasteiger partial charge is 0.328 e.